The van der Waals surface area contributed by atoms with E-state index in [-0.39, 0.29) is 0 Å². The van der Waals surface area contributed by atoms with Crippen LogP contribution in [0.5, 0.6) is 0 Å². The molecule has 0 N–H and O–H groups in total. The molecular formula is C18H20ClN5OS2. The van der Waals surface area contributed by atoms with Gasteiger partial charge in [-0.1, -0.05) is 11.6 Å². The number of nitrogens with zero attached hydrogens (tertiary/aromatic N) is 5. The molecule has 0 spiro atoms. The molecule has 4 rings (SSSR count). The Labute approximate surface area is 172 Å². The van der Waals surface area contributed by atoms with Gasteiger partial charge in [0.15, 0.2) is 5.13 Å². The van der Waals surface area contributed by atoms with E-state index in [0.29, 0.717) is 22.4 Å². The number of benzene rings is 1. The van der Waals surface area contributed by atoms with E-state index < -0.39 is 0 Å². The van der Waals surface area contributed by atoms with Crippen LogP contribution in [-0.4, -0.2) is 45.8 Å². The molecule has 6 nitrogen and oxygen atoms in total. The zero-order chi connectivity index (χ0) is 18.8. The van der Waals surface area contributed by atoms with Gasteiger partial charge >= 0.3 is 0 Å². The second kappa shape index (κ2) is 8.10. The molecule has 0 saturated carbocycles. The van der Waals surface area contributed by atoms with E-state index in [9.17, 15) is 0 Å². The lowest BCUT2D eigenvalue weighted by Crippen LogP contribution is -2.32. The van der Waals surface area contributed by atoms with Gasteiger partial charge in [-0.15, -0.1) is 16.4 Å². The molecular weight excluding hydrogens is 402 g/mol. The van der Waals surface area contributed by atoms with Crippen molar-refractivity contribution >= 4 is 40.3 Å². The van der Waals surface area contributed by atoms with Crippen molar-refractivity contribution in [1.82, 2.24) is 19.7 Å². The normalized spacial score (nSPS) is 15.9. The topological polar surface area (TPSA) is 50.3 Å². The SMILES string of the molecule is Cc1csc(N2CCCN(Cn3nc(-c4ccc(Cl)cc4)oc3=S)CC2)n1. The van der Waals surface area contributed by atoms with Gasteiger partial charge in [0.05, 0.1) is 12.4 Å². The van der Waals surface area contributed by atoms with Crippen molar-refractivity contribution in [2.45, 2.75) is 20.0 Å². The van der Waals surface area contributed by atoms with Crippen LogP contribution in [0.25, 0.3) is 11.5 Å². The summed E-state index contributed by atoms with van der Waals surface area (Å²) in [5, 5.41) is 8.44. The third-order valence-electron chi connectivity index (χ3n) is 4.50. The molecule has 1 aliphatic rings. The van der Waals surface area contributed by atoms with Crippen LogP contribution in [0.2, 0.25) is 5.02 Å². The highest BCUT2D eigenvalue weighted by atomic mass is 35.5. The van der Waals surface area contributed by atoms with Crippen molar-refractivity contribution in [2.75, 3.05) is 31.1 Å². The van der Waals surface area contributed by atoms with E-state index >= 15 is 0 Å². The highest BCUT2D eigenvalue weighted by molar-refractivity contribution is 7.71. The average Bonchev–Trinajstić information content (AvgIpc) is 3.15. The van der Waals surface area contributed by atoms with E-state index in [1.807, 2.05) is 31.2 Å². The molecule has 0 amide bonds. The highest BCUT2D eigenvalue weighted by Gasteiger charge is 2.18. The Morgan fingerprint density at radius 1 is 1.19 bits per heavy atom. The standard InChI is InChI=1S/C18H20ClN5OS2/c1-13-11-27-17(20-13)23-8-2-7-22(9-10-23)12-24-18(26)25-16(21-24)14-3-5-15(19)6-4-14/h3-6,11H,2,7-10,12H2,1H3. The van der Waals surface area contributed by atoms with Gasteiger partial charge in [-0.25, -0.2) is 9.67 Å². The number of aromatic nitrogens is 3. The van der Waals surface area contributed by atoms with Gasteiger partial charge < -0.3 is 9.32 Å². The van der Waals surface area contributed by atoms with Crippen LogP contribution in [0.1, 0.15) is 12.1 Å². The minimum Gasteiger partial charge on any atom is -0.409 e. The van der Waals surface area contributed by atoms with Crippen molar-refractivity contribution in [3.05, 3.63) is 45.2 Å². The molecule has 2 aromatic heterocycles. The van der Waals surface area contributed by atoms with E-state index in [1.165, 1.54) is 0 Å². The van der Waals surface area contributed by atoms with Crippen LogP contribution >= 0.6 is 35.2 Å². The maximum absolute atomic E-state index is 5.95. The van der Waals surface area contributed by atoms with E-state index in [1.54, 1.807) is 16.0 Å². The van der Waals surface area contributed by atoms with E-state index in [0.717, 1.165) is 49.0 Å². The number of rotatable bonds is 4. The molecule has 1 aliphatic heterocycles. The van der Waals surface area contributed by atoms with E-state index in [2.05, 4.69) is 25.3 Å². The first-order valence-electron chi connectivity index (χ1n) is 8.82. The van der Waals surface area contributed by atoms with Gasteiger partial charge in [-0.05, 0) is 49.8 Å². The first-order valence-corrected chi connectivity index (χ1v) is 10.5. The summed E-state index contributed by atoms with van der Waals surface area (Å²) in [6.07, 6.45) is 1.08. The summed E-state index contributed by atoms with van der Waals surface area (Å²) >= 11 is 13.0. The second-order valence-corrected chi connectivity index (χ2v) is 8.17. The Balaban J connectivity index is 1.43. The van der Waals surface area contributed by atoms with Crippen LogP contribution in [-0.2, 0) is 6.67 Å². The van der Waals surface area contributed by atoms with Crippen molar-refractivity contribution in [3.8, 4) is 11.5 Å². The van der Waals surface area contributed by atoms with Gasteiger partial charge in [-0.2, -0.15) is 0 Å². The number of anilines is 1. The zero-order valence-corrected chi connectivity index (χ0v) is 17.4. The second-order valence-electron chi connectivity index (χ2n) is 6.55. The van der Waals surface area contributed by atoms with Crippen LogP contribution in [0.3, 0.4) is 0 Å². The lowest BCUT2D eigenvalue weighted by Gasteiger charge is -2.21. The van der Waals surface area contributed by atoms with Gasteiger partial charge in [0.25, 0.3) is 4.84 Å². The molecule has 1 aromatic carbocycles. The fraction of sp³-hybridized carbons (Fsp3) is 0.389. The average molecular weight is 422 g/mol. The first kappa shape index (κ1) is 18.6. The predicted molar refractivity (Wildman–Crippen MR) is 111 cm³/mol. The smallest absolute Gasteiger partial charge is 0.288 e. The van der Waals surface area contributed by atoms with Crippen molar-refractivity contribution in [3.63, 3.8) is 0 Å². The molecule has 27 heavy (non-hydrogen) atoms. The maximum atomic E-state index is 5.95. The molecule has 142 valence electrons. The van der Waals surface area contributed by atoms with Gasteiger partial charge in [-0.3, -0.25) is 4.90 Å². The summed E-state index contributed by atoms with van der Waals surface area (Å²) in [4.78, 5) is 9.71. The minimum absolute atomic E-state index is 0.386. The van der Waals surface area contributed by atoms with Crippen molar-refractivity contribution in [1.29, 1.82) is 0 Å². The van der Waals surface area contributed by atoms with E-state index in [4.69, 9.17) is 28.2 Å². The summed E-state index contributed by atoms with van der Waals surface area (Å²) in [5.74, 6) is 0.520. The third-order valence-corrected chi connectivity index (χ3v) is 6.06. The van der Waals surface area contributed by atoms with Crippen molar-refractivity contribution < 1.29 is 4.42 Å². The molecule has 0 bridgehead atoms. The number of aryl methyl sites for hydroxylation is 1. The summed E-state index contributed by atoms with van der Waals surface area (Å²) in [6, 6.07) is 7.40. The highest BCUT2D eigenvalue weighted by Crippen LogP contribution is 2.22. The first-order chi connectivity index (χ1) is 13.1. The molecule has 9 heteroatoms. The molecule has 0 unspecified atom stereocenters. The zero-order valence-electron chi connectivity index (χ0n) is 15.0. The van der Waals surface area contributed by atoms with Crippen LogP contribution in [0, 0.1) is 11.8 Å². The fourth-order valence-corrected chi connectivity index (χ4v) is 4.25. The summed E-state index contributed by atoms with van der Waals surface area (Å²) < 4.78 is 7.44. The molecule has 0 radical (unpaired) electrons. The third kappa shape index (κ3) is 4.40. The van der Waals surface area contributed by atoms with Gasteiger partial charge in [0, 0.05) is 42.1 Å². The van der Waals surface area contributed by atoms with Crippen LogP contribution in [0.15, 0.2) is 34.1 Å². The Hall–Kier alpha value is -1.74. The minimum atomic E-state index is 0.386. The lowest BCUT2D eigenvalue weighted by atomic mass is 10.2. The Morgan fingerprint density at radius 2 is 2.00 bits per heavy atom. The summed E-state index contributed by atoms with van der Waals surface area (Å²) in [7, 11) is 0. The maximum Gasteiger partial charge on any atom is 0.288 e. The Morgan fingerprint density at radius 3 is 2.74 bits per heavy atom. The quantitative estimate of drug-likeness (QED) is 0.579. The number of thiazole rings is 1. The summed E-state index contributed by atoms with van der Waals surface area (Å²) in [6.45, 7) is 6.55. The van der Waals surface area contributed by atoms with Gasteiger partial charge in [0.1, 0.15) is 0 Å². The predicted octanol–water partition coefficient (Wildman–Crippen LogP) is 4.46. The lowest BCUT2D eigenvalue weighted by molar-refractivity contribution is 0.217. The number of hydrogen-bond donors (Lipinski definition) is 0. The molecule has 0 atom stereocenters. The molecule has 1 saturated heterocycles. The van der Waals surface area contributed by atoms with Crippen molar-refractivity contribution in [2.24, 2.45) is 0 Å². The van der Waals surface area contributed by atoms with Gasteiger partial charge in [0.2, 0.25) is 5.89 Å². The largest absolute Gasteiger partial charge is 0.409 e. The summed E-state index contributed by atoms with van der Waals surface area (Å²) in [5.41, 5.74) is 1.95. The Kier molecular flexibility index (Phi) is 5.58. The number of hydrogen-bond acceptors (Lipinski definition) is 7. The van der Waals surface area contributed by atoms with Crippen LogP contribution in [0.4, 0.5) is 5.13 Å². The molecule has 1 fully saturated rings. The molecule has 0 aliphatic carbocycles. The Bertz CT molecular complexity index is 965. The molecule has 3 aromatic rings. The monoisotopic (exact) mass is 421 g/mol. The molecule has 3 heterocycles. The fourth-order valence-electron chi connectivity index (χ4n) is 3.08. The number of halogens is 1. The van der Waals surface area contributed by atoms with Crippen LogP contribution < -0.4 is 4.90 Å².